The number of hydrogen-bond acceptors (Lipinski definition) is 3. The lowest BCUT2D eigenvalue weighted by Crippen LogP contribution is -2.39. The summed E-state index contributed by atoms with van der Waals surface area (Å²) in [6, 6.07) is 0. The minimum atomic E-state index is -0.146. The molecule has 1 fully saturated rings. The molecule has 3 unspecified atom stereocenters. The third kappa shape index (κ3) is 3.67. The van der Waals surface area contributed by atoms with Crippen molar-refractivity contribution in [3.8, 4) is 0 Å². The fraction of sp³-hybridized carbons (Fsp3) is 0.615. The molecule has 0 aromatic heterocycles. The molecule has 0 saturated heterocycles. The van der Waals surface area contributed by atoms with Crippen molar-refractivity contribution in [2.24, 2.45) is 5.92 Å². The first-order chi connectivity index (χ1) is 8.65. The average molecular weight is 271 g/mol. The number of ether oxygens (including phenoxy) is 1. The van der Waals surface area contributed by atoms with E-state index in [-0.39, 0.29) is 23.4 Å². The van der Waals surface area contributed by atoms with Crippen LogP contribution in [-0.4, -0.2) is 24.1 Å². The van der Waals surface area contributed by atoms with Crippen LogP contribution in [0.15, 0.2) is 24.6 Å². The minimum Gasteiger partial charge on any atom is -0.475 e. The SMILES string of the molecule is C=C1CCC(CC(=O)NCC2NC=CO2)C(Cl)C1. The van der Waals surface area contributed by atoms with Gasteiger partial charge in [-0.3, -0.25) is 4.79 Å². The number of halogens is 1. The zero-order valence-electron chi connectivity index (χ0n) is 10.3. The lowest BCUT2D eigenvalue weighted by Gasteiger charge is -2.28. The molecule has 3 atom stereocenters. The maximum atomic E-state index is 11.8. The van der Waals surface area contributed by atoms with E-state index in [2.05, 4.69) is 17.2 Å². The lowest BCUT2D eigenvalue weighted by molar-refractivity contribution is -0.122. The molecule has 1 heterocycles. The maximum absolute atomic E-state index is 11.8. The Balaban J connectivity index is 1.68. The first-order valence-corrected chi connectivity index (χ1v) is 6.72. The molecule has 4 nitrogen and oxygen atoms in total. The van der Waals surface area contributed by atoms with Gasteiger partial charge in [0.2, 0.25) is 5.91 Å². The monoisotopic (exact) mass is 270 g/mol. The summed E-state index contributed by atoms with van der Waals surface area (Å²) in [5.74, 6) is 0.295. The van der Waals surface area contributed by atoms with Crippen molar-refractivity contribution in [3.05, 3.63) is 24.6 Å². The van der Waals surface area contributed by atoms with Crippen LogP contribution in [0.3, 0.4) is 0 Å². The van der Waals surface area contributed by atoms with E-state index >= 15 is 0 Å². The molecular weight excluding hydrogens is 252 g/mol. The molecule has 5 heteroatoms. The Labute approximate surface area is 112 Å². The fourth-order valence-electron chi connectivity index (χ4n) is 2.29. The van der Waals surface area contributed by atoms with Crippen molar-refractivity contribution in [1.82, 2.24) is 10.6 Å². The normalized spacial score (nSPS) is 30.7. The van der Waals surface area contributed by atoms with E-state index in [1.165, 1.54) is 5.57 Å². The molecule has 1 saturated carbocycles. The number of amides is 1. The standard InChI is InChI=1S/C13H19ClN2O2/c1-9-2-3-10(11(14)6-9)7-12(17)16-8-13-15-4-5-18-13/h4-5,10-11,13,15H,1-3,6-8H2,(H,16,17). The van der Waals surface area contributed by atoms with Crippen LogP contribution in [-0.2, 0) is 9.53 Å². The summed E-state index contributed by atoms with van der Waals surface area (Å²) in [5.41, 5.74) is 1.20. The molecule has 2 N–H and O–H groups in total. The van der Waals surface area contributed by atoms with Crippen LogP contribution in [0.1, 0.15) is 25.7 Å². The summed E-state index contributed by atoms with van der Waals surface area (Å²) in [6.45, 7) is 4.42. The predicted molar refractivity (Wildman–Crippen MR) is 70.9 cm³/mol. The minimum absolute atomic E-state index is 0.0375. The Morgan fingerprint density at radius 2 is 2.50 bits per heavy atom. The van der Waals surface area contributed by atoms with Gasteiger partial charge in [0.15, 0.2) is 6.23 Å². The topological polar surface area (TPSA) is 50.4 Å². The van der Waals surface area contributed by atoms with Crippen molar-refractivity contribution in [2.75, 3.05) is 6.54 Å². The van der Waals surface area contributed by atoms with Gasteiger partial charge in [-0.15, -0.1) is 11.6 Å². The Bertz CT molecular complexity index is 349. The van der Waals surface area contributed by atoms with Gasteiger partial charge in [0.1, 0.15) is 6.26 Å². The molecule has 100 valence electrons. The molecule has 1 aliphatic heterocycles. The molecule has 0 aromatic carbocycles. The van der Waals surface area contributed by atoms with Crippen LogP contribution >= 0.6 is 11.6 Å². The van der Waals surface area contributed by atoms with Crippen LogP contribution in [0, 0.1) is 5.92 Å². The number of nitrogens with one attached hydrogen (secondary N) is 2. The highest BCUT2D eigenvalue weighted by atomic mass is 35.5. The van der Waals surface area contributed by atoms with Crippen LogP contribution in [0.2, 0.25) is 0 Å². The Morgan fingerprint density at radius 1 is 1.67 bits per heavy atom. The molecule has 18 heavy (non-hydrogen) atoms. The van der Waals surface area contributed by atoms with Gasteiger partial charge in [-0.05, 0) is 25.2 Å². The van der Waals surface area contributed by atoms with Crippen molar-refractivity contribution in [2.45, 2.75) is 37.3 Å². The molecule has 0 spiro atoms. The summed E-state index contributed by atoms with van der Waals surface area (Å²) in [5, 5.41) is 5.87. The number of hydrogen-bond donors (Lipinski definition) is 2. The Morgan fingerprint density at radius 3 is 3.17 bits per heavy atom. The highest BCUT2D eigenvalue weighted by Gasteiger charge is 2.27. The molecular formula is C13H19ClN2O2. The van der Waals surface area contributed by atoms with E-state index in [0.717, 1.165) is 19.3 Å². The summed E-state index contributed by atoms with van der Waals surface area (Å²) < 4.78 is 5.18. The van der Waals surface area contributed by atoms with Crippen molar-refractivity contribution in [1.29, 1.82) is 0 Å². The van der Waals surface area contributed by atoms with E-state index < -0.39 is 0 Å². The Kier molecular flexibility index (Phi) is 4.53. The molecule has 2 aliphatic rings. The molecule has 2 rings (SSSR count). The number of alkyl halides is 1. The van der Waals surface area contributed by atoms with E-state index in [9.17, 15) is 4.79 Å². The third-order valence-electron chi connectivity index (χ3n) is 3.39. The van der Waals surface area contributed by atoms with Crippen LogP contribution in [0.25, 0.3) is 0 Å². The van der Waals surface area contributed by atoms with Gasteiger partial charge in [-0.25, -0.2) is 0 Å². The second-order valence-corrected chi connectivity index (χ2v) is 5.43. The van der Waals surface area contributed by atoms with E-state index in [0.29, 0.717) is 13.0 Å². The van der Waals surface area contributed by atoms with Crippen molar-refractivity contribution < 1.29 is 9.53 Å². The quantitative estimate of drug-likeness (QED) is 0.606. The number of rotatable bonds is 4. The summed E-state index contributed by atoms with van der Waals surface area (Å²) in [6.07, 6.45) is 6.42. The molecule has 0 aromatic rings. The number of allylic oxidation sites excluding steroid dienone is 1. The van der Waals surface area contributed by atoms with Crippen molar-refractivity contribution in [3.63, 3.8) is 0 Å². The van der Waals surface area contributed by atoms with Gasteiger partial charge in [-0.2, -0.15) is 0 Å². The average Bonchev–Trinajstić information content (AvgIpc) is 2.83. The highest BCUT2D eigenvalue weighted by molar-refractivity contribution is 6.21. The first-order valence-electron chi connectivity index (χ1n) is 6.29. The van der Waals surface area contributed by atoms with Crippen LogP contribution in [0.4, 0.5) is 0 Å². The summed E-state index contributed by atoms with van der Waals surface area (Å²) in [7, 11) is 0. The van der Waals surface area contributed by atoms with E-state index in [4.69, 9.17) is 16.3 Å². The zero-order chi connectivity index (χ0) is 13.0. The number of carbonyl (C=O) groups is 1. The van der Waals surface area contributed by atoms with Crippen LogP contribution in [0.5, 0.6) is 0 Å². The Hall–Kier alpha value is -1.16. The molecule has 1 aliphatic carbocycles. The second kappa shape index (κ2) is 6.14. The van der Waals surface area contributed by atoms with Crippen molar-refractivity contribution >= 4 is 17.5 Å². The van der Waals surface area contributed by atoms with E-state index in [1.807, 2.05) is 0 Å². The summed E-state index contributed by atoms with van der Waals surface area (Å²) in [4.78, 5) is 11.8. The maximum Gasteiger partial charge on any atom is 0.220 e. The van der Waals surface area contributed by atoms with Crippen LogP contribution < -0.4 is 10.6 Å². The molecule has 0 bridgehead atoms. The predicted octanol–water partition coefficient (Wildman–Crippen LogP) is 1.87. The smallest absolute Gasteiger partial charge is 0.220 e. The third-order valence-corrected chi connectivity index (χ3v) is 3.90. The molecule has 0 radical (unpaired) electrons. The number of carbonyl (C=O) groups excluding carboxylic acids is 1. The zero-order valence-corrected chi connectivity index (χ0v) is 11.1. The van der Waals surface area contributed by atoms with Gasteiger partial charge in [-0.1, -0.05) is 12.2 Å². The second-order valence-electron chi connectivity index (χ2n) is 4.87. The lowest BCUT2D eigenvalue weighted by atomic mass is 9.84. The van der Waals surface area contributed by atoms with Gasteiger partial charge >= 0.3 is 0 Å². The first kappa shape index (κ1) is 13.3. The van der Waals surface area contributed by atoms with Gasteiger partial charge in [0, 0.05) is 18.0 Å². The largest absolute Gasteiger partial charge is 0.475 e. The summed E-state index contributed by atoms with van der Waals surface area (Å²) >= 11 is 6.26. The van der Waals surface area contributed by atoms with Gasteiger partial charge < -0.3 is 15.4 Å². The van der Waals surface area contributed by atoms with E-state index in [1.54, 1.807) is 12.5 Å². The van der Waals surface area contributed by atoms with Gasteiger partial charge in [0.05, 0.1) is 6.54 Å². The van der Waals surface area contributed by atoms with Gasteiger partial charge in [0.25, 0.3) is 0 Å². The molecule has 1 amide bonds. The fourth-order valence-corrected chi connectivity index (χ4v) is 2.72. The highest BCUT2D eigenvalue weighted by Crippen LogP contribution is 2.33.